The van der Waals surface area contributed by atoms with E-state index in [1.54, 1.807) is 26.2 Å². The number of nitrogens with zero attached hydrogens (tertiary/aromatic N) is 2. The zero-order valence-electron chi connectivity index (χ0n) is 10.4. The first-order chi connectivity index (χ1) is 8.54. The van der Waals surface area contributed by atoms with Crippen LogP contribution in [-0.2, 0) is 9.53 Å². The molecule has 0 aliphatic heterocycles. The number of halogens is 1. The minimum absolute atomic E-state index is 0.173. The van der Waals surface area contributed by atoms with Crippen LogP contribution < -0.4 is 0 Å². The van der Waals surface area contributed by atoms with Gasteiger partial charge in [0.05, 0.1) is 18.6 Å². The lowest BCUT2D eigenvalue weighted by Gasteiger charge is -2.16. The molecule has 0 aromatic carbocycles. The molecular formula is C12H15BrN2O3. The molecule has 1 amide bonds. The van der Waals surface area contributed by atoms with Crippen molar-refractivity contribution in [2.24, 2.45) is 0 Å². The fraction of sp³-hybridized carbons (Fsp3) is 0.417. The third-order valence-electron chi connectivity index (χ3n) is 2.26. The SMILES string of the molecule is CCOC(=O)CCN(C)C(=O)c1cncc(Br)c1. The van der Waals surface area contributed by atoms with Crippen molar-refractivity contribution in [3.8, 4) is 0 Å². The molecule has 6 heteroatoms. The molecule has 0 atom stereocenters. The largest absolute Gasteiger partial charge is 0.466 e. The van der Waals surface area contributed by atoms with Crippen LogP contribution in [0.15, 0.2) is 22.9 Å². The lowest BCUT2D eigenvalue weighted by molar-refractivity contribution is -0.143. The van der Waals surface area contributed by atoms with E-state index in [9.17, 15) is 9.59 Å². The van der Waals surface area contributed by atoms with Gasteiger partial charge in [-0.2, -0.15) is 0 Å². The van der Waals surface area contributed by atoms with Crippen LogP contribution in [0.2, 0.25) is 0 Å². The minimum Gasteiger partial charge on any atom is -0.466 e. The molecule has 1 aromatic rings. The summed E-state index contributed by atoms with van der Waals surface area (Å²) in [6.45, 7) is 2.43. The molecule has 1 rings (SSSR count). The Morgan fingerprint density at radius 1 is 1.44 bits per heavy atom. The van der Waals surface area contributed by atoms with Crippen LogP contribution in [0.1, 0.15) is 23.7 Å². The average molecular weight is 315 g/mol. The van der Waals surface area contributed by atoms with E-state index < -0.39 is 0 Å². The van der Waals surface area contributed by atoms with E-state index in [0.717, 1.165) is 4.47 Å². The Labute approximate surface area is 114 Å². The van der Waals surface area contributed by atoms with Gasteiger partial charge in [0.1, 0.15) is 0 Å². The number of pyridine rings is 1. The van der Waals surface area contributed by atoms with Crippen LogP contribution >= 0.6 is 15.9 Å². The van der Waals surface area contributed by atoms with Gasteiger partial charge in [0, 0.05) is 30.5 Å². The molecule has 0 fully saturated rings. The summed E-state index contributed by atoms with van der Waals surface area (Å²) >= 11 is 3.25. The molecular weight excluding hydrogens is 300 g/mol. The van der Waals surface area contributed by atoms with E-state index in [2.05, 4.69) is 20.9 Å². The number of esters is 1. The molecule has 5 nitrogen and oxygen atoms in total. The van der Waals surface area contributed by atoms with Crippen molar-refractivity contribution in [1.29, 1.82) is 0 Å². The summed E-state index contributed by atoms with van der Waals surface area (Å²) in [5.74, 6) is -0.474. The van der Waals surface area contributed by atoms with E-state index in [1.165, 1.54) is 11.1 Å². The van der Waals surface area contributed by atoms with Gasteiger partial charge < -0.3 is 9.64 Å². The highest BCUT2D eigenvalue weighted by molar-refractivity contribution is 9.10. The Morgan fingerprint density at radius 2 is 2.17 bits per heavy atom. The first kappa shape index (κ1) is 14.6. The number of hydrogen-bond donors (Lipinski definition) is 0. The van der Waals surface area contributed by atoms with Gasteiger partial charge in [0.25, 0.3) is 5.91 Å². The predicted octanol–water partition coefficient (Wildman–Crippen LogP) is 1.87. The summed E-state index contributed by atoms with van der Waals surface area (Å²) in [5, 5.41) is 0. The first-order valence-electron chi connectivity index (χ1n) is 5.56. The van der Waals surface area contributed by atoms with Crippen molar-refractivity contribution in [3.63, 3.8) is 0 Å². The van der Waals surface area contributed by atoms with Gasteiger partial charge in [-0.25, -0.2) is 0 Å². The van der Waals surface area contributed by atoms with Crippen LogP contribution in [0.5, 0.6) is 0 Å². The molecule has 0 N–H and O–H groups in total. The zero-order chi connectivity index (χ0) is 13.5. The predicted molar refractivity (Wildman–Crippen MR) is 70.1 cm³/mol. The fourth-order valence-electron chi connectivity index (χ4n) is 1.34. The van der Waals surface area contributed by atoms with Crippen LogP contribution in [0.4, 0.5) is 0 Å². The summed E-state index contributed by atoms with van der Waals surface area (Å²) < 4.78 is 5.54. The minimum atomic E-state index is -0.301. The smallest absolute Gasteiger partial charge is 0.307 e. The molecule has 0 saturated carbocycles. The Kier molecular flexibility index (Phi) is 5.77. The number of aromatic nitrogens is 1. The number of ether oxygens (including phenoxy) is 1. The molecule has 1 heterocycles. The van der Waals surface area contributed by atoms with E-state index in [0.29, 0.717) is 18.7 Å². The van der Waals surface area contributed by atoms with Crippen molar-refractivity contribution in [1.82, 2.24) is 9.88 Å². The van der Waals surface area contributed by atoms with Crippen LogP contribution in [0.3, 0.4) is 0 Å². The normalized spacial score (nSPS) is 9.94. The Morgan fingerprint density at radius 3 is 2.78 bits per heavy atom. The van der Waals surface area contributed by atoms with Crippen LogP contribution in [-0.4, -0.2) is 42.0 Å². The third-order valence-corrected chi connectivity index (χ3v) is 2.69. The lowest BCUT2D eigenvalue weighted by Crippen LogP contribution is -2.29. The summed E-state index contributed by atoms with van der Waals surface area (Å²) in [7, 11) is 1.64. The molecule has 1 aromatic heterocycles. The Hall–Kier alpha value is -1.43. The average Bonchev–Trinajstić information content (AvgIpc) is 2.35. The van der Waals surface area contributed by atoms with Gasteiger partial charge in [0.2, 0.25) is 0 Å². The molecule has 0 unspecified atom stereocenters. The van der Waals surface area contributed by atoms with E-state index in [1.807, 2.05) is 0 Å². The highest BCUT2D eigenvalue weighted by atomic mass is 79.9. The summed E-state index contributed by atoms with van der Waals surface area (Å²) in [4.78, 5) is 28.6. The molecule has 0 aliphatic carbocycles. The lowest BCUT2D eigenvalue weighted by atomic mass is 10.2. The highest BCUT2D eigenvalue weighted by Gasteiger charge is 2.13. The van der Waals surface area contributed by atoms with Gasteiger partial charge in [-0.3, -0.25) is 14.6 Å². The molecule has 0 aliphatic rings. The molecule has 0 bridgehead atoms. The van der Waals surface area contributed by atoms with E-state index in [4.69, 9.17) is 4.74 Å². The Bertz CT molecular complexity index is 437. The molecule has 98 valence electrons. The van der Waals surface area contributed by atoms with Crippen LogP contribution in [0.25, 0.3) is 0 Å². The van der Waals surface area contributed by atoms with Gasteiger partial charge in [-0.1, -0.05) is 0 Å². The van der Waals surface area contributed by atoms with Gasteiger partial charge in [-0.05, 0) is 28.9 Å². The number of carbonyl (C=O) groups excluding carboxylic acids is 2. The number of amides is 1. The number of hydrogen-bond acceptors (Lipinski definition) is 4. The monoisotopic (exact) mass is 314 g/mol. The summed E-state index contributed by atoms with van der Waals surface area (Å²) in [5.41, 5.74) is 0.482. The zero-order valence-corrected chi connectivity index (χ0v) is 11.9. The molecule has 0 spiro atoms. The molecule has 18 heavy (non-hydrogen) atoms. The molecule has 0 saturated heterocycles. The maximum absolute atomic E-state index is 12.0. The van der Waals surface area contributed by atoms with Crippen molar-refractivity contribution < 1.29 is 14.3 Å². The topological polar surface area (TPSA) is 59.5 Å². The maximum Gasteiger partial charge on any atom is 0.307 e. The second-order valence-electron chi connectivity index (χ2n) is 3.67. The first-order valence-corrected chi connectivity index (χ1v) is 6.35. The maximum atomic E-state index is 12.0. The van der Waals surface area contributed by atoms with Crippen LogP contribution in [0, 0.1) is 0 Å². The number of rotatable bonds is 5. The van der Waals surface area contributed by atoms with Gasteiger partial charge in [-0.15, -0.1) is 0 Å². The second kappa shape index (κ2) is 7.10. The third kappa shape index (κ3) is 4.44. The second-order valence-corrected chi connectivity index (χ2v) is 4.59. The highest BCUT2D eigenvalue weighted by Crippen LogP contribution is 2.11. The number of carbonyl (C=O) groups is 2. The standard InChI is InChI=1S/C12H15BrN2O3/c1-3-18-11(16)4-5-15(2)12(17)9-6-10(13)8-14-7-9/h6-8H,3-5H2,1-2H3. The Balaban J connectivity index is 2.54. The fourth-order valence-corrected chi connectivity index (χ4v) is 1.71. The van der Waals surface area contributed by atoms with E-state index >= 15 is 0 Å². The van der Waals surface area contributed by atoms with E-state index in [-0.39, 0.29) is 18.3 Å². The van der Waals surface area contributed by atoms with Crippen molar-refractivity contribution in [3.05, 3.63) is 28.5 Å². The van der Waals surface area contributed by atoms with Gasteiger partial charge >= 0.3 is 5.97 Å². The van der Waals surface area contributed by atoms with Crippen molar-refractivity contribution >= 4 is 27.8 Å². The van der Waals surface area contributed by atoms with Gasteiger partial charge in [0.15, 0.2) is 0 Å². The quantitative estimate of drug-likeness (QED) is 0.778. The van der Waals surface area contributed by atoms with Crippen molar-refractivity contribution in [2.45, 2.75) is 13.3 Å². The van der Waals surface area contributed by atoms with Crippen molar-refractivity contribution in [2.75, 3.05) is 20.2 Å². The summed E-state index contributed by atoms with van der Waals surface area (Å²) in [6, 6.07) is 1.69. The molecule has 0 radical (unpaired) electrons. The summed E-state index contributed by atoms with van der Waals surface area (Å²) in [6.07, 6.45) is 3.29.